The number of hydrogen-bond donors (Lipinski definition) is 1. The third-order valence-electron chi connectivity index (χ3n) is 5.54. The molecule has 0 radical (unpaired) electrons. The maximum atomic E-state index is 13.2. The van der Waals surface area contributed by atoms with Gasteiger partial charge in [0.05, 0.1) is 27.9 Å². The zero-order valence-corrected chi connectivity index (χ0v) is 24.7. The average molecular weight is 658 g/mol. The molecule has 1 saturated heterocycles. The molecule has 0 atom stereocenters. The number of amidine groups is 1. The summed E-state index contributed by atoms with van der Waals surface area (Å²) in [5, 5.41) is 3.42. The van der Waals surface area contributed by atoms with E-state index >= 15 is 0 Å². The quantitative estimate of drug-likeness (QED) is 0.202. The molecular formula is C29H28IN3O5S. The first kappa shape index (κ1) is 28.5. The van der Waals surface area contributed by atoms with Crippen molar-refractivity contribution in [3.05, 3.63) is 80.8 Å². The molecule has 0 spiro atoms. The Balaban J connectivity index is 1.54. The second-order valence-electron chi connectivity index (χ2n) is 8.22. The van der Waals surface area contributed by atoms with E-state index in [9.17, 15) is 9.59 Å². The van der Waals surface area contributed by atoms with Crippen LogP contribution in [0.25, 0.3) is 6.08 Å². The number of rotatable bonds is 10. The maximum absolute atomic E-state index is 13.2. The summed E-state index contributed by atoms with van der Waals surface area (Å²) in [5.74, 6) is 1.33. The van der Waals surface area contributed by atoms with Gasteiger partial charge in [-0.1, -0.05) is 18.2 Å². The summed E-state index contributed by atoms with van der Waals surface area (Å²) in [6.07, 6.45) is 1.82. The molecule has 1 heterocycles. The molecule has 1 aliphatic heterocycles. The van der Waals surface area contributed by atoms with E-state index < -0.39 is 0 Å². The summed E-state index contributed by atoms with van der Waals surface area (Å²) in [4.78, 5) is 32.5. The monoisotopic (exact) mass is 657 g/mol. The zero-order chi connectivity index (χ0) is 27.8. The van der Waals surface area contributed by atoms with E-state index in [0.29, 0.717) is 40.4 Å². The molecule has 10 heteroatoms. The van der Waals surface area contributed by atoms with Crippen molar-refractivity contribution in [3.63, 3.8) is 0 Å². The first-order valence-electron chi connectivity index (χ1n) is 12.3. The number of methoxy groups -OCH3 is 1. The highest BCUT2D eigenvalue weighted by molar-refractivity contribution is 14.1. The van der Waals surface area contributed by atoms with Gasteiger partial charge in [-0.2, -0.15) is 0 Å². The lowest BCUT2D eigenvalue weighted by Gasteiger charge is -2.15. The number of thioether (sulfide) groups is 1. The highest BCUT2D eigenvalue weighted by Gasteiger charge is 2.32. The number of para-hydroxylation sites is 1. The van der Waals surface area contributed by atoms with Gasteiger partial charge in [-0.25, -0.2) is 4.99 Å². The Labute approximate surface area is 245 Å². The van der Waals surface area contributed by atoms with Gasteiger partial charge in [-0.05, 0) is 108 Å². The van der Waals surface area contributed by atoms with Crippen molar-refractivity contribution in [1.29, 1.82) is 0 Å². The van der Waals surface area contributed by atoms with Crippen LogP contribution >= 0.6 is 34.4 Å². The number of nitrogens with one attached hydrogen (secondary N) is 1. The van der Waals surface area contributed by atoms with Crippen molar-refractivity contribution in [1.82, 2.24) is 4.90 Å². The Morgan fingerprint density at radius 3 is 2.49 bits per heavy atom. The lowest BCUT2D eigenvalue weighted by molar-refractivity contribution is -0.122. The second-order valence-corrected chi connectivity index (χ2v) is 10.4. The van der Waals surface area contributed by atoms with Crippen LogP contribution in [0.5, 0.6) is 17.2 Å². The number of benzene rings is 3. The highest BCUT2D eigenvalue weighted by atomic mass is 127. The van der Waals surface area contributed by atoms with Gasteiger partial charge in [-0.15, -0.1) is 0 Å². The molecule has 2 amide bonds. The van der Waals surface area contributed by atoms with Crippen molar-refractivity contribution in [3.8, 4) is 17.2 Å². The van der Waals surface area contributed by atoms with Gasteiger partial charge in [0.2, 0.25) is 0 Å². The minimum atomic E-state index is -0.276. The summed E-state index contributed by atoms with van der Waals surface area (Å²) < 4.78 is 17.7. The van der Waals surface area contributed by atoms with E-state index in [1.165, 1.54) is 11.8 Å². The average Bonchev–Trinajstić information content (AvgIpc) is 3.22. The fourth-order valence-electron chi connectivity index (χ4n) is 3.72. The normalized spacial score (nSPS) is 15.1. The number of aliphatic imine (C=N–C) groups is 1. The van der Waals surface area contributed by atoms with E-state index in [2.05, 4.69) is 32.9 Å². The molecule has 1 N–H and O–H groups in total. The first-order chi connectivity index (χ1) is 18.9. The topological polar surface area (TPSA) is 89.5 Å². The van der Waals surface area contributed by atoms with Crippen molar-refractivity contribution in [2.24, 2.45) is 4.99 Å². The standard InChI is InChI=1S/C29H28IN3O5S/c1-4-33-28(35)25(39-29(33)32-21-11-13-22(36-3)14-12-21)17-19-15-23(30)27(24(16-19)37-5-2)38-18-26(34)31-20-9-7-6-8-10-20/h6-17H,4-5,18H2,1-3H3,(H,31,34)/b25-17+,32-29?. The lowest BCUT2D eigenvalue weighted by Crippen LogP contribution is -2.28. The minimum absolute atomic E-state index is 0.111. The van der Waals surface area contributed by atoms with E-state index in [1.54, 1.807) is 12.0 Å². The van der Waals surface area contributed by atoms with Gasteiger partial charge in [-0.3, -0.25) is 14.5 Å². The third kappa shape index (κ3) is 7.33. The van der Waals surface area contributed by atoms with Crippen LogP contribution in [0, 0.1) is 3.57 Å². The summed E-state index contributed by atoms with van der Waals surface area (Å²) in [6.45, 7) is 4.54. The number of amides is 2. The molecule has 0 aromatic heterocycles. The summed E-state index contributed by atoms with van der Waals surface area (Å²) in [5.41, 5.74) is 2.21. The minimum Gasteiger partial charge on any atom is -0.497 e. The van der Waals surface area contributed by atoms with E-state index in [1.807, 2.05) is 86.7 Å². The summed E-state index contributed by atoms with van der Waals surface area (Å²) in [7, 11) is 1.61. The SMILES string of the molecule is CCOc1cc(/C=C2/SC(=Nc3ccc(OC)cc3)N(CC)C2=O)cc(I)c1OCC(=O)Nc1ccccc1. The molecular weight excluding hydrogens is 629 g/mol. The number of likely N-dealkylation sites (N-methyl/N-ethyl adjacent to an activating group) is 1. The molecule has 0 unspecified atom stereocenters. The molecule has 202 valence electrons. The van der Waals surface area contributed by atoms with Crippen molar-refractivity contribution in [2.45, 2.75) is 13.8 Å². The Morgan fingerprint density at radius 2 is 1.82 bits per heavy atom. The smallest absolute Gasteiger partial charge is 0.266 e. The number of ether oxygens (including phenoxy) is 3. The molecule has 3 aromatic carbocycles. The molecule has 1 aliphatic rings. The van der Waals surface area contributed by atoms with Gasteiger partial charge < -0.3 is 19.5 Å². The number of carbonyl (C=O) groups excluding carboxylic acids is 2. The lowest BCUT2D eigenvalue weighted by atomic mass is 10.2. The molecule has 8 nitrogen and oxygen atoms in total. The molecule has 4 rings (SSSR count). The van der Waals surface area contributed by atoms with Gasteiger partial charge >= 0.3 is 0 Å². The Bertz CT molecular complexity index is 1390. The molecule has 39 heavy (non-hydrogen) atoms. The van der Waals surface area contributed by atoms with Crippen molar-refractivity contribution >= 4 is 68.8 Å². The van der Waals surface area contributed by atoms with Gasteiger partial charge in [0, 0.05) is 12.2 Å². The van der Waals surface area contributed by atoms with Crippen LogP contribution in [0.2, 0.25) is 0 Å². The van der Waals surface area contributed by atoms with Crippen LogP contribution in [-0.4, -0.2) is 48.8 Å². The van der Waals surface area contributed by atoms with Gasteiger partial charge in [0.15, 0.2) is 23.3 Å². The van der Waals surface area contributed by atoms with E-state index in [-0.39, 0.29) is 18.4 Å². The fraction of sp³-hybridized carbons (Fsp3) is 0.207. The Hall–Kier alpha value is -3.51. The Kier molecular flexibility index (Phi) is 9.88. The van der Waals surface area contributed by atoms with Crippen LogP contribution < -0.4 is 19.5 Å². The van der Waals surface area contributed by atoms with Crippen LogP contribution in [0.3, 0.4) is 0 Å². The Morgan fingerprint density at radius 1 is 1.08 bits per heavy atom. The van der Waals surface area contributed by atoms with Gasteiger partial charge in [0.25, 0.3) is 11.8 Å². The predicted molar refractivity (Wildman–Crippen MR) is 164 cm³/mol. The third-order valence-corrected chi connectivity index (χ3v) is 7.34. The summed E-state index contributed by atoms with van der Waals surface area (Å²) in [6, 6.07) is 20.3. The van der Waals surface area contributed by atoms with Crippen molar-refractivity contribution < 1.29 is 23.8 Å². The fourth-order valence-corrected chi connectivity index (χ4v) is 5.56. The molecule has 3 aromatic rings. The number of carbonyl (C=O) groups is 2. The number of nitrogens with zero attached hydrogens (tertiary/aromatic N) is 2. The van der Waals surface area contributed by atoms with Crippen LogP contribution in [0.4, 0.5) is 11.4 Å². The number of halogens is 1. The van der Waals surface area contributed by atoms with Gasteiger partial charge in [0.1, 0.15) is 5.75 Å². The largest absolute Gasteiger partial charge is 0.497 e. The van der Waals surface area contributed by atoms with Crippen LogP contribution in [0.1, 0.15) is 19.4 Å². The highest BCUT2D eigenvalue weighted by Crippen LogP contribution is 2.38. The summed E-state index contributed by atoms with van der Waals surface area (Å²) >= 11 is 3.47. The zero-order valence-electron chi connectivity index (χ0n) is 21.8. The number of anilines is 1. The van der Waals surface area contributed by atoms with Crippen LogP contribution in [-0.2, 0) is 9.59 Å². The molecule has 1 fully saturated rings. The number of hydrogen-bond acceptors (Lipinski definition) is 7. The molecule has 0 bridgehead atoms. The predicted octanol–water partition coefficient (Wildman–Crippen LogP) is 6.34. The van der Waals surface area contributed by atoms with Crippen LogP contribution in [0.15, 0.2) is 76.6 Å². The maximum Gasteiger partial charge on any atom is 0.266 e. The molecule has 0 aliphatic carbocycles. The van der Waals surface area contributed by atoms with E-state index in [0.717, 1.165) is 20.6 Å². The van der Waals surface area contributed by atoms with E-state index in [4.69, 9.17) is 14.2 Å². The second kappa shape index (κ2) is 13.5. The first-order valence-corrected chi connectivity index (χ1v) is 14.2. The molecule has 0 saturated carbocycles. The van der Waals surface area contributed by atoms with Crippen molar-refractivity contribution in [2.75, 3.05) is 32.2 Å².